The number of aryl methyl sites for hydroxylation is 1. The van der Waals surface area contributed by atoms with Gasteiger partial charge < -0.3 is 4.74 Å². The van der Waals surface area contributed by atoms with E-state index in [4.69, 9.17) is 0 Å². The second kappa shape index (κ2) is 9.71. The quantitative estimate of drug-likeness (QED) is 0.463. The summed E-state index contributed by atoms with van der Waals surface area (Å²) in [6, 6.07) is 5.76. The van der Waals surface area contributed by atoms with Gasteiger partial charge in [-0.3, -0.25) is 0 Å². The fourth-order valence-corrected chi connectivity index (χ4v) is 5.30. The molecule has 0 aliphatic heterocycles. The molecule has 2 aliphatic rings. The third-order valence-corrected chi connectivity index (χ3v) is 6.92. The number of hydrogen-bond acceptors (Lipinski definition) is 1. The zero-order valence-electron chi connectivity index (χ0n) is 16.8. The second-order valence-corrected chi connectivity index (χ2v) is 8.60. The van der Waals surface area contributed by atoms with E-state index in [0.717, 1.165) is 23.3 Å². The first-order chi connectivity index (χ1) is 13.1. The van der Waals surface area contributed by atoms with Gasteiger partial charge in [0, 0.05) is 0 Å². The summed E-state index contributed by atoms with van der Waals surface area (Å²) in [5, 5.41) is 0. The van der Waals surface area contributed by atoms with Gasteiger partial charge in [-0.1, -0.05) is 24.3 Å². The fourth-order valence-electron chi connectivity index (χ4n) is 5.30. The summed E-state index contributed by atoms with van der Waals surface area (Å²) in [5.74, 6) is 3.61. The van der Waals surface area contributed by atoms with E-state index in [2.05, 4.69) is 29.9 Å². The van der Waals surface area contributed by atoms with Crippen molar-refractivity contribution in [2.45, 2.75) is 84.2 Å². The Hall–Kier alpha value is -1.38. The Labute approximate surface area is 163 Å². The highest BCUT2D eigenvalue weighted by atomic mass is 19.3. The van der Waals surface area contributed by atoms with Crippen LogP contribution in [0.2, 0.25) is 0 Å². The van der Waals surface area contributed by atoms with Gasteiger partial charge >= 0.3 is 6.61 Å². The highest BCUT2D eigenvalue weighted by molar-refractivity contribution is 5.37. The van der Waals surface area contributed by atoms with E-state index >= 15 is 0 Å². The topological polar surface area (TPSA) is 9.23 Å². The van der Waals surface area contributed by atoms with E-state index < -0.39 is 6.61 Å². The van der Waals surface area contributed by atoms with Crippen molar-refractivity contribution >= 4 is 0 Å². The number of rotatable bonds is 6. The summed E-state index contributed by atoms with van der Waals surface area (Å²) >= 11 is 0. The van der Waals surface area contributed by atoms with Crippen LogP contribution in [0.25, 0.3) is 0 Å². The van der Waals surface area contributed by atoms with Crippen LogP contribution in [-0.4, -0.2) is 6.61 Å². The van der Waals surface area contributed by atoms with Gasteiger partial charge in [-0.15, -0.1) is 0 Å². The summed E-state index contributed by atoms with van der Waals surface area (Å²) in [6.07, 6.45) is 16.5. The molecule has 3 heteroatoms. The van der Waals surface area contributed by atoms with Crippen LogP contribution in [0.15, 0.2) is 30.4 Å². The molecule has 150 valence electrons. The number of benzene rings is 1. The van der Waals surface area contributed by atoms with Gasteiger partial charge in [0.2, 0.25) is 0 Å². The Morgan fingerprint density at radius 1 is 1.00 bits per heavy atom. The molecule has 0 N–H and O–H groups in total. The Morgan fingerprint density at radius 2 is 1.63 bits per heavy atom. The number of halogens is 2. The van der Waals surface area contributed by atoms with Gasteiger partial charge in [-0.25, -0.2) is 0 Å². The van der Waals surface area contributed by atoms with E-state index in [0.29, 0.717) is 11.7 Å². The minimum absolute atomic E-state index is 0.303. The molecule has 0 saturated heterocycles. The van der Waals surface area contributed by atoms with Gasteiger partial charge in [-0.05, 0) is 112 Å². The molecule has 1 aromatic rings. The van der Waals surface area contributed by atoms with Gasteiger partial charge in [-0.2, -0.15) is 8.78 Å². The lowest BCUT2D eigenvalue weighted by molar-refractivity contribution is -0.0503. The molecule has 0 amide bonds. The minimum Gasteiger partial charge on any atom is -0.435 e. The summed E-state index contributed by atoms with van der Waals surface area (Å²) < 4.78 is 29.4. The Balaban J connectivity index is 1.48. The molecule has 1 nitrogen and oxygen atoms in total. The molecule has 2 fully saturated rings. The fraction of sp³-hybridized carbons (Fsp3) is 0.667. The Morgan fingerprint density at radius 3 is 2.19 bits per heavy atom. The molecule has 0 aromatic heterocycles. The molecule has 2 aliphatic carbocycles. The monoisotopic (exact) mass is 376 g/mol. The summed E-state index contributed by atoms with van der Waals surface area (Å²) in [5.41, 5.74) is 2.11. The number of allylic oxidation sites excluding steroid dienone is 2. The Kier molecular flexibility index (Phi) is 7.32. The normalized spacial score (nSPS) is 29.4. The number of alkyl halides is 2. The zero-order chi connectivity index (χ0) is 19.2. The minimum atomic E-state index is -2.75. The lowest BCUT2D eigenvalue weighted by atomic mass is 9.68. The second-order valence-electron chi connectivity index (χ2n) is 8.60. The van der Waals surface area contributed by atoms with Crippen LogP contribution >= 0.6 is 0 Å². The van der Waals surface area contributed by atoms with Crippen molar-refractivity contribution in [1.29, 1.82) is 0 Å². The first kappa shape index (κ1) is 20.4. The van der Waals surface area contributed by atoms with E-state index in [1.165, 1.54) is 63.4 Å². The van der Waals surface area contributed by atoms with E-state index in [1.807, 2.05) is 13.0 Å². The van der Waals surface area contributed by atoms with Gasteiger partial charge in [0.05, 0.1) is 0 Å². The van der Waals surface area contributed by atoms with Crippen LogP contribution in [0.1, 0.15) is 81.8 Å². The SMILES string of the molecule is C/C=C/CC1CCC(C2CCC(c3ccc(OC(F)F)c(C)c3)CC2)CC1. The first-order valence-corrected chi connectivity index (χ1v) is 10.7. The van der Waals surface area contributed by atoms with Crippen molar-refractivity contribution < 1.29 is 13.5 Å². The van der Waals surface area contributed by atoms with E-state index in [-0.39, 0.29) is 0 Å². The lowest BCUT2D eigenvalue weighted by Crippen LogP contribution is -2.25. The molecule has 1 aromatic carbocycles. The zero-order valence-corrected chi connectivity index (χ0v) is 16.8. The van der Waals surface area contributed by atoms with Crippen LogP contribution in [0.5, 0.6) is 5.75 Å². The lowest BCUT2D eigenvalue weighted by Gasteiger charge is -2.38. The van der Waals surface area contributed by atoms with Crippen molar-refractivity contribution in [1.82, 2.24) is 0 Å². The van der Waals surface area contributed by atoms with Crippen LogP contribution < -0.4 is 4.74 Å². The van der Waals surface area contributed by atoms with Crippen molar-refractivity contribution in [3.05, 3.63) is 41.5 Å². The predicted molar refractivity (Wildman–Crippen MR) is 107 cm³/mol. The maximum Gasteiger partial charge on any atom is 0.387 e. The maximum absolute atomic E-state index is 12.4. The average Bonchev–Trinajstić information content (AvgIpc) is 2.68. The molecule has 0 atom stereocenters. The number of hydrogen-bond donors (Lipinski definition) is 0. The molecule has 2 saturated carbocycles. The molecular formula is C24H34F2O. The standard InChI is InChI=1S/C24H34F2O/c1-3-4-5-18-6-8-19(9-7-18)20-10-12-21(13-11-20)22-14-15-23(17(2)16-22)27-24(25)26/h3-4,14-16,18-21,24H,5-13H2,1-2H3/b4-3+. The smallest absolute Gasteiger partial charge is 0.387 e. The molecule has 0 unspecified atom stereocenters. The Bertz CT molecular complexity index is 609. The predicted octanol–water partition coefficient (Wildman–Crippen LogP) is 7.64. The van der Waals surface area contributed by atoms with Crippen LogP contribution in [-0.2, 0) is 0 Å². The molecule has 0 radical (unpaired) electrons. The van der Waals surface area contributed by atoms with Crippen LogP contribution in [0.3, 0.4) is 0 Å². The maximum atomic E-state index is 12.4. The third-order valence-electron chi connectivity index (χ3n) is 6.92. The largest absolute Gasteiger partial charge is 0.435 e. The van der Waals surface area contributed by atoms with E-state index in [9.17, 15) is 8.78 Å². The molecule has 0 spiro atoms. The summed E-state index contributed by atoms with van der Waals surface area (Å²) in [6.45, 7) is 1.22. The van der Waals surface area contributed by atoms with Crippen molar-refractivity contribution in [2.75, 3.05) is 0 Å². The van der Waals surface area contributed by atoms with Gasteiger partial charge in [0.15, 0.2) is 0 Å². The third kappa shape index (κ3) is 5.56. The number of ether oxygens (including phenoxy) is 1. The van der Waals surface area contributed by atoms with Crippen molar-refractivity contribution in [3.8, 4) is 5.75 Å². The van der Waals surface area contributed by atoms with Crippen LogP contribution in [0.4, 0.5) is 8.78 Å². The van der Waals surface area contributed by atoms with E-state index in [1.54, 1.807) is 6.07 Å². The molecule has 27 heavy (non-hydrogen) atoms. The molecular weight excluding hydrogens is 342 g/mol. The molecule has 0 bridgehead atoms. The highest BCUT2D eigenvalue weighted by Gasteiger charge is 2.31. The molecule has 0 heterocycles. The van der Waals surface area contributed by atoms with Crippen molar-refractivity contribution in [2.24, 2.45) is 17.8 Å². The van der Waals surface area contributed by atoms with Gasteiger partial charge in [0.1, 0.15) is 5.75 Å². The van der Waals surface area contributed by atoms with Crippen molar-refractivity contribution in [3.63, 3.8) is 0 Å². The summed E-state index contributed by atoms with van der Waals surface area (Å²) in [7, 11) is 0. The van der Waals surface area contributed by atoms with Crippen LogP contribution in [0, 0.1) is 24.7 Å². The van der Waals surface area contributed by atoms with Gasteiger partial charge in [0.25, 0.3) is 0 Å². The molecule has 3 rings (SSSR count). The average molecular weight is 377 g/mol. The highest BCUT2D eigenvalue weighted by Crippen LogP contribution is 2.44. The first-order valence-electron chi connectivity index (χ1n) is 10.7. The summed E-state index contributed by atoms with van der Waals surface area (Å²) in [4.78, 5) is 0.